The lowest BCUT2D eigenvalue weighted by Crippen LogP contribution is -2.00. The molecule has 0 aliphatic heterocycles. The molecule has 0 bridgehead atoms. The highest BCUT2D eigenvalue weighted by Crippen LogP contribution is 2.26. The van der Waals surface area contributed by atoms with E-state index in [1.807, 2.05) is 42.9 Å². The summed E-state index contributed by atoms with van der Waals surface area (Å²) in [6, 6.07) is 14.1. The minimum absolute atomic E-state index is 0.630. The number of nitrogens with one attached hydrogen (secondary N) is 1. The summed E-state index contributed by atoms with van der Waals surface area (Å²) in [5, 5.41) is 18.0. The number of anilines is 1. The van der Waals surface area contributed by atoms with E-state index in [2.05, 4.69) is 35.5 Å². The highest BCUT2D eigenvalue weighted by atomic mass is 15.3. The third-order valence-corrected chi connectivity index (χ3v) is 3.73. The average Bonchev–Trinajstić information content (AvgIpc) is 2.85. The van der Waals surface area contributed by atoms with Crippen molar-refractivity contribution >= 4 is 16.6 Å². The van der Waals surface area contributed by atoms with Gasteiger partial charge in [0.2, 0.25) is 0 Å². The number of fused-ring (bicyclic) bond motifs is 1. The Bertz CT molecular complexity index is 868. The molecule has 3 rings (SSSR count). The molecular weight excluding hydrogens is 260 g/mol. The van der Waals surface area contributed by atoms with E-state index >= 15 is 0 Å². The van der Waals surface area contributed by atoms with Crippen LogP contribution in [-0.4, -0.2) is 16.8 Å². The molecule has 0 amide bonds. The second-order valence-electron chi connectivity index (χ2n) is 5.06. The number of aryl methyl sites for hydroxylation is 2. The lowest BCUT2D eigenvalue weighted by atomic mass is 10.1. The van der Waals surface area contributed by atoms with Crippen molar-refractivity contribution in [2.75, 3.05) is 12.4 Å². The summed E-state index contributed by atoms with van der Waals surface area (Å²) in [5.41, 5.74) is 5.70. The van der Waals surface area contributed by atoms with Crippen molar-refractivity contribution in [2.45, 2.75) is 13.8 Å². The molecule has 1 N–H and O–H groups in total. The van der Waals surface area contributed by atoms with Crippen LogP contribution in [0.2, 0.25) is 0 Å². The van der Waals surface area contributed by atoms with Crippen LogP contribution in [0, 0.1) is 25.2 Å². The van der Waals surface area contributed by atoms with Crippen LogP contribution in [0.25, 0.3) is 16.6 Å². The van der Waals surface area contributed by atoms with Gasteiger partial charge in [0, 0.05) is 12.4 Å². The van der Waals surface area contributed by atoms with E-state index < -0.39 is 0 Å². The molecule has 0 atom stereocenters. The quantitative estimate of drug-likeness (QED) is 0.778. The van der Waals surface area contributed by atoms with E-state index in [9.17, 15) is 0 Å². The minimum Gasteiger partial charge on any atom is -0.387 e. The Labute approximate surface area is 123 Å². The van der Waals surface area contributed by atoms with Crippen LogP contribution in [0.1, 0.15) is 16.8 Å². The summed E-state index contributed by atoms with van der Waals surface area (Å²) in [4.78, 5) is 0. The zero-order valence-corrected chi connectivity index (χ0v) is 12.3. The minimum atomic E-state index is 0.630. The standard InChI is InChI=1S/C17H16N4/c1-11-5-4-6-16-17(11)12(2)20-21(16)14-8-7-13(10-18)15(9-14)19-3/h4-9,19H,1-3H3. The van der Waals surface area contributed by atoms with Crippen LogP contribution in [0.5, 0.6) is 0 Å². The van der Waals surface area contributed by atoms with Crippen molar-refractivity contribution < 1.29 is 0 Å². The summed E-state index contributed by atoms with van der Waals surface area (Å²) in [7, 11) is 1.82. The Morgan fingerprint density at radius 3 is 2.71 bits per heavy atom. The van der Waals surface area contributed by atoms with Gasteiger partial charge in [0.1, 0.15) is 6.07 Å². The van der Waals surface area contributed by atoms with Crippen LogP contribution >= 0.6 is 0 Å². The number of nitriles is 1. The van der Waals surface area contributed by atoms with Crippen LogP contribution in [0.15, 0.2) is 36.4 Å². The Kier molecular flexibility index (Phi) is 3.11. The molecule has 0 saturated carbocycles. The Balaban J connectivity index is 2.27. The summed E-state index contributed by atoms with van der Waals surface area (Å²) in [6.07, 6.45) is 0. The zero-order valence-electron chi connectivity index (χ0n) is 12.3. The normalized spacial score (nSPS) is 10.6. The van der Waals surface area contributed by atoms with Gasteiger partial charge in [-0.25, -0.2) is 4.68 Å². The highest BCUT2D eigenvalue weighted by Gasteiger charge is 2.12. The fraction of sp³-hybridized carbons (Fsp3) is 0.176. The monoisotopic (exact) mass is 276 g/mol. The van der Waals surface area contributed by atoms with Crippen molar-refractivity contribution in [2.24, 2.45) is 0 Å². The van der Waals surface area contributed by atoms with E-state index in [0.717, 1.165) is 22.6 Å². The molecular formula is C17H16N4. The van der Waals surface area contributed by atoms with Crippen LogP contribution in [-0.2, 0) is 0 Å². The maximum Gasteiger partial charge on any atom is 0.101 e. The topological polar surface area (TPSA) is 53.6 Å². The Morgan fingerprint density at radius 2 is 2.00 bits per heavy atom. The molecule has 1 aromatic heterocycles. The second kappa shape index (κ2) is 4.95. The molecule has 1 heterocycles. The summed E-state index contributed by atoms with van der Waals surface area (Å²) >= 11 is 0. The van der Waals surface area contributed by atoms with Gasteiger partial charge in [0.05, 0.1) is 28.1 Å². The molecule has 0 spiro atoms. The van der Waals surface area contributed by atoms with Crippen molar-refractivity contribution in [1.29, 1.82) is 5.26 Å². The van der Waals surface area contributed by atoms with Gasteiger partial charge < -0.3 is 5.32 Å². The summed E-state index contributed by atoms with van der Waals surface area (Å²) < 4.78 is 1.93. The van der Waals surface area contributed by atoms with Gasteiger partial charge in [0.25, 0.3) is 0 Å². The van der Waals surface area contributed by atoms with Crippen LogP contribution in [0.4, 0.5) is 5.69 Å². The molecule has 2 aromatic carbocycles. The van der Waals surface area contributed by atoms with Crippen molar-refractivity contribution in [1.82, 2.24) is 9.78 Å². The highest BCUT2D eigenvalue weighted by molar-refractivity contribution is 5.86. The Hall–Kier alpha value is -2.80. The van der Waals surface area contributed by atoms with Crippen molar-refractivity contribution in [3.05, 3.63) is 53.2 Å². The lowest BCUT2D eigenvalue weighted by molar-refractivity contribution is 0.889. The smallest absolute Gasteiger partial charge is 0.101 e. The van der Waals surface area contributed by atoms with Crippen LogP contribution < -0.4 is 5.32 Å². The summed E-state index contributed by atoms with van der Waals surface area (Å²) in [6.45, 7) is 4.12. The first-order chi connectivity index (χ1) is 10.2. The Morgan fingerprint density at radius 1 is 1.19 bits per heavy atom. The number of benzene rings is 2. The van der Waals surface area contributed by atoms with E-state index in [1.165, 1.54) is 10.9 Å². The molecule has 21 heavy (non-hydrogen) atoms. The third kappa shape index (κ3) is 2.03. The molecule has 3 aromatic rings. The molecule has 4 nitrogen and oxygen atoms in total. The van der Waals surface area contributed by atoms with Gasteiger partial charge >= 0.3 is 0 Å². The van der Waals surface area contributed by atoms with E-state index in [1.54, 1.807) is 0 Å². The molecule has 0 aliphatic carbocycles. The zero-order chi connectivity index (χ0) is 15.0. The van der Waals surface area contributed by atoms with Gasteiger partial charge in [-0.1, -0.05) is 12.1 Å². The molecule has 0 aliphatic rings. The first-order valence-corrected chi connectivity index (χ1v) is 6.83. The molecule has 104 valence electrons. The van der Waals surface area contributed by atoms with Gasteiger partial charge in [-0.3, -0.25) is 0 Å². The lowest BCUT2D eigenvalue weighted by Gasteiger charge is -2.08. The number of rotatable bonds is 2. The molecule has 0 saturated heterocycles. The molecule has 0 fully saturated rings. The predicted molar refractivity (Wildman–Crippen MR) is 84.8 cm³/mol. The fourth-order valence-electron chi connectivity index (χ4n) is 2.72. The maximum atomic E-state index is 9.11. The number of nitrogens with zero attached hydrogens (tertiary/aromatic N) is 3. The van der Waals surface area contributed by atoms with Gasteiger partial charge in [0.15, 0.2) is 0 Å². The van der Waals surface area contributed by atoms with Crippen LogP contribution in [0.3, 0.4) is 0 Å². The first kappa shape index (κ1) is 13.2. The van der Waals surface area contributed by atoms with E-state index in [0.29, 0.717) is 5.56 Å². The number of hydrogen-bond donors (Lipinski definition) is 1. The second-order valence-corrected chi connectivity index (χ2v) is 5.06. The third-order valence-electron chi connectivity index (χ3n) is 3.73. The molecule has 0 unspecified atom stereocenters. The van der Waals surface area contributed by atoms with Gasteiger partial charge in [-0.2, -0.15) is 10.4 Å². The van der Waals surface area contributed by atoms with Gasteiger partial charge in [-0.05, 0) is 43.7 Å². The molecule has 0 radical (unpaired) electrons. The fourth-order valence-corrected chi connectivity index (χ4v) is 2.72. The summed E-state index contributed by atoms with van der Waals surface area (Å²) in [5.74, 6) is 0. The van der Waals surface area contributed by atoms with Gasteiger partial charge in [-0.15, -0.1) is 0 Å². The number of aromatic nitrogens is 2. The SMILES string of the molecule is CNc1cc(-n2nc(C)c3c(C)cccc32)ccc1C#N. The number of hydrogen-bond acceptors (Lipinski definition) is 3. The maximum absolute atomic E-state index is 9.11. The average molecular weight is 276 g/mol. The predicted octanol–water partition coefficient (Wildman–Crippen LogP) is 3.56. The van der Waals surface area contributed by atoms with E-state index in [4.69, 9.17) is 5.26 Å². The van der Waals surface area contributed by atoms with Crippen molar-refractivity contribution in [3.8, 4) is 11.8 Å². The molecule has 4 heteroatoms. The first-order valence-electron chi connectivity index (χ1n) is 6.83. The van der Waals surface area contributed by atoms with Crippen molar-refractivity contribution in [3.63, 3.8) is 0 Å². The largest absolute Gasteiger partial charge is 0.387 e. The van der Waals surface area contributed by atoms with E-state index in [-0.39, 0.29) is 0 Å².